The average Bonchev–Trinajstić information content (AvgIpc) is 2.61. The first-order valence-electron chi connectivity index (χ1n) is 7.87. The fourth-order valence-corrected chi connectivity index (χ4v) is 3.26. The van der Waals surface area contributed by atoms with E-state index in [2.05, 4.69) is 5.32 Å². The van der Waals surface area contributed by atoms with Gasteiger partial charge in [0.2, 0.25) is 15.9 Å². The van der Waals surface area contributed by atoms with Crippen LogP contribution in [-0.4, -0.2) is 45.4 Å². The first-order valence-corrected chi connectivity index (χ1v) is 9.31. The van der Waals surface area contributed by atoms with Crippen LogP contribution in [0, 0.1) is 6.92 Å². The smallest absolute Gasteiger partial charge is 0.243 e. The van der Waals surface area contributed by atoms with Gasteiger partial charge in [-0.05, 0) is 31.2 Å². The Hall–Kier alpha value is -2.38. The van der Waals surface area contributed by atoms with E-state index in [4.69, 9.17) is 4.74 Å². The van der Waals surface area contributed by atoms with E-state index in [0.717, 1.165) is 15.6 Å². The second-order valence-electron chi connectivity index (χ2n) is 5.59. The van der Waals surface area contributed by atoms with Crippen molar-refractivity contribution in [1.29, 1.82) is 0 Å². The Bertz CT molecular complexity index is 790. The molecule has 0 aliphatic heterocycles. The number of likely N-dealkylation sites (N-methyl/N-ethyl adjacent to an activating group) is 1. The van der Waals surface area contributed by atoms with Crippen molar-refractivity contribution in [2.24, 2.45) is 0 Å². The molecule has 0 saturated carbocycles. The Kier molecular flexibility index (Phi) is 6.55. The van der Waals surface area contributed by atoms with Gasteiger partial charge < -0.3 is 10.1 Å². The number of nitrogens with one attached hydrogen (secondary N) is 1. The summed E-state index contributed by atoms with van der Waals surface area (Å²) < 4.78 is 31.2. The zero-order valence-electron chi connectivity index (χ0n) is 14.3. The quantitative estimate of drug-likeness (QED) is 0.727. The molecule has 7 heteroatoms. The molecule has 0 saturated heterocycles. The van der Waals surface area contributed by atoms with E-state index >= 15 is 0 Å². The third-order valence-corrected chi connectivity index (χ3v) is 5.35. The Morgan fingerprint density at radius 3 is 2.36 bits per heavy atom. The van der Waals surface area contributed by atoms with Crippen LogP contribution in [0.4, 0.5) is 0 Å². The maximum atomic E-state index is 12.3. The van der Waals surface area contributed by atoms with E-state index in [0.29, 0.717) is 13.2 Å². The Labute approximate surface area is 148 Å². The molecular formula is C18H22N2O4S. The Morgan fingerprint density at radius 1 is 1.08 bits per heavy atom. The molecule has 1 N–H and O–H groups in total. The maximum Gasteiger partial charge on any atom is 0.243 e. The lowest BCUT2D eigenvalue weighted by molar-refractivity contribution is -0.121. The molecule has 0 aromatic heterocycles. The van der Waals surface area contributed by atoms with Crippen molar-refractivity contribution in [3.8, 4) is 5.75 Å². The second kappa shape index (κ2) is 8.64. The number of hydrogen-bond acceptors (Lipinski definition) is 4. The van der Waals surface area contributed by atoms with Crippen LogP contribution in [0.25, 0.3) is 0 Å². The molecule has 2 aromatic rings. The van der Waals surface area contributed by atoms with Crippen LogP contribution in [-0.2, 0) is 14.8 Å². The van der Waals surface area contributed by atoms with E-state index < -0.39 is 10.0 Å². The third-order valence-electron chi connectivity index (χ3n) is 3.53. The van der Waals surface area contributed by atoms with Gasteiger partial charge in [-0.15, -0.1) is 0 Å². The van der Waals surface area contributed by atoms with Crippen molar-refractivity contribution < 1.29 is 17.9 Å². The lowest BCUT2D eigenvalue weighted by Crippen LogP contribution is -2.39. The van der Waals surface area contributed by atoms with Gasteiger partial charge in [0, 0.05) is 7.05 Å². The minimum Gasteiger partial charge on any atom is -0.492 e. The first-order chi connectivity index (χ1) is 11.9. The number of hydrogen-bond donors (Lipinski definition) is 1. The van der Waals surface area contributed by atoms with Crippen LogP contribution < -0.4 is 10.1 Å². The molecule has 0 aliphatic carbocycles. The number of sulfonamides is 1. The number of benzene rings is 2. The molecule has 134 valence electrons. The van der Waals surface area contributed by atoms with Crippen molar-refractivity contribution in [2.45, 2.75) is 11.8 Å². The molecule has 0 aliphatic rings. The van der Waals surface area contributed by atoms with Crippen molar-refractivity contribution in [1.82, 2.24) is 9.62 Å². The fourth-order valence-electron chi connectivity index (χ4n) is 2.11. The fraction of sp³-hybridized carbons (Fsp3) is 0.278. The topological polar surface area (TPSA) is 75.7 Å². The van der Waals surface area contributed by atoms with E-state index in [1.54, 1.807) is 18.2 Å². The van der Waals surface area contributed by atoms with Crippen molar-refractivity contribution in [3.05, 3.63) is 60.2 Å². The predicted molar refractivity (Wildman–Crippen MR) is 95.9 cm³/mol. The van der Waals surface area contributed by atoms with Gasteiger partial charge in [0.15, 0.2) is 0 Å². The van der Waals surface area contributed by atoms with Gasteiger partial charge in [0.25, 0.3) is 0 Å². The van der Waals surface area contributed by atoms with Crippen molar-refractivity contribution in [2.75, 3.05) is 26.7 Å². The summed E-state index contributed by atoms with van der Waals surface area (Å²) in [5, 5.41) is 2.65. The number of rotatable bonds is 8. The molecule has 0 radical (unpaired) electrons. The summed E-state index contributed by atoms with van der Waals surface area (Å²) in [5.74, 6) is 0.345. The minimum absolute atomic E-state index is 0.160. The lowest BCUT2D eigenvalue weighted by atomic mass is 10.2. The minimum atomic E-state index is -3.67. The maximum absolute atomic E-state index is 12.3. The molecule has 0 heterocycles. The number of ether oxygens (including phenoxy) is 1. The van der Waals surface area contributed by atoms with E-state index in [1.165, 1.54) is 19.2 Å². The molecule has 0 unspecified atom stereocenters. The number of carbonyl (C=O) groups excluding carboxylic acids is 1. The summed E-state index contributed by atoms with van der Waals surface area (Å²) in [4.78, 5) is 12.1. The third kappa shape index (κ3) is 5.58. The van der Waals surface area contributed by atoms with E-state index in [1.807, 2.05) is 31.2 Å². The molecule has 2 rings (SSSR count). The monoisotopic (exact) mass is 362 g/mol. The molecule has 0 bridgehead atoms. The summed E-state index contributed by atoms with van der Waals surface area (Å²) in [6, 6.07) is 15.6. The van der Waals surface area contributed by atoms with Crippen LogP contribution in [0.2, 0.25) is 0 Å². The Balaban J connectivity index is 1.77. The zero-order valence-corrected chi connectivity index (χ0v) is 15.1. The normalized spacial score (nSPS) is 11.3. The highest BCUT2D eigenvalue weighted by Crippen LogP contribution is 2.13. The largest absolute Gasteiger partial charge is 0.492 e. The number of nitrogens with zero attached hydrogens (tertiary/aromatic N) is 1. The summed E-state index contributed by atoms with van der Waals surface area (Å²) in [7, 11) is -2.29. The predicted octanol–water partition coefficient (Wildman–Crippen LogP) is 1.81. The van der Waals surface area contributed by atoms with Gasteiger partial charge in [-0.25, -0.2) is 8.42 Å². The number of carbonyl (C=O) groups is 1. The summed E-state index contributed by atoms with van der Waals surface area (Å²) >= 11 is 0. The van der Waals surface area contributed by atoms with Crippen LogP contribution in [0.1, 0.15) is 5.56 Å². The highest BCUT2D eigenvalue weighted by molar-refractivity contribution is 7.89. The summed E-state index contributed by atoms with van der Waals surface area (Å²) in [6.07, 6.45) is 0. The second-order valence-corrected chi connectivity index (χ2v) is 7.63. The molecular weight excluding hydrogens is 340 g/mol. The zero-order chi connectivity index (χ0) is 18.3. The van der Waals surface area contributed by atoms with Gasteiger partial charge in [0.1, 0.15) is 12.4 Å². The standard InChI is InChI=1S/C18H22N2O4S/c1-15-8-10-16(11-9-15)24-13-12-19-18(21)14-20(2)25(22,23)17-6-4-3-5-7-17/h3-11H,12-14H2,1-2H3,(H,19,21). The van der Waals surface area contributed by atoms with Crippen LogP contribution in [0.15, 0.2) is 59.5 Å². The number of aryl methyl sites for hydroxylation is 1. The highest BCUT2D eigenvalue weighted by Gasteiger charge is 2.22. The summed E-state index contributed by atoms with van der Waals surface area (Å²) in [5.41, 5.74) is 1.14. The van der Waals surface area contributed by atoms with Crippen molar-refractivity contribution in [3.63, 3.8) is 0 Å². The first kappa shape index (κ1) is 19.0. The van der Waals surface area contributed by atoms with E-state index in [9.17, 15) is 13.2 Å². The van der Waals surface area contributed by atoms with Crippen LogP contribution >= 0.6 is 0 Å². The molecule has 25 heavy (non-hydrogen) atoms. The molecule has 0 fully saturated rings. The lowest BCUT2D eigenvalue weighted by Gasteiger charge is -2.17. The molecule has 0 spiro atoms. The van der Waals surface area contributed by atoms with Gasteiger partial charge in [-0.1, -0.05) is 35.9 Å². The number of amides is 1. The van der Waals surface area contributed by atoms with Gasteiger partial charge >= 0.3 is 0 Å². The molecule has 0 atom stereocenters. The van der Waals surface area contributed by atoms with Crippen molar-refractivity contribution >= 4 is 15.9 Å². The van der Waals surface area contributed by atoms with Gasteiger partial charge in [0.05, 0.1) is 18.0 Å². The van der Waals surface area contributed by atoms with Crippen LogP contribution in [0.3, 0.4) is 0 Å². The van der Waals surface area contributed by atoms with Gasteiger partial charge in [-0.2, -0.15) is 4.31 Å². The molecule has 1 amide bonds. The molecule has 2 aromatic carbocycles. The Morgan fingerprint density at radius 2 is 1.72 bits per heavy atom. The molecule has 6 nitrogen and oxygen atoms in total. The van der Waals surface area contributed by atoms with Crippen LogP contribution in [0.5, 0.6) is 5.75 Å². The van der Waals surface area contributed by atoms with E-state index in [-0.39, 0.29) is 17.3 Å². The van der Waals surface area contributed by atoms with Gasteiger partial charge in [-0.3, -0.25) is 4.79 Å². The average molecular weight is 362 g/mol. The highest BCUT2D eigenvalue weighted by atomic mass is 32.2. The SMILES string of the molecule is Cc1ccc(OCCNC(=O)CN(C)S(=O)(=O)c2ccccc2)cc1. The summed E-state index contributed by atoms with van der Waals surface area (Å²) in [6.45, 7) is 2.35.